The minimum absolute atomic E-state index is 0.0940. The number of hydrogen-bond acceptors (Lipinski definition) is 7. The Hall–Kier alpha value is -3.19. The lowest BCUT2D eigenvalue weighted by Crippen LogP contribution is -2.28. The van der Waals surface area contributed by atoms with Crippen LogP contribution in [0.5, 0.6) is 17.2 Å². The average molecular weight is 395 g/mol. The normalized spacial score (nSPS) is 18.2. The number of ether oxygens (including phenoxy) is 1. The van der Waals surface area contributed by atoms with Gasteiger partial charge in [0.25, 0.3) is 0 Å². The largest absolute Gasteiger partial charge is 0.507 e. The van der Waals surface area contributed by atoms with Crippen LogP contribution in [0.25, 0.3) is 0 Å². The number of methoxy groups -OCH3 is 1. The van der Waals surface area contributed by atoms with E-state index in [2.05, 4.69) is 4.99 Å². The van der Waals surface area contributed by atoms with Crippen molar-refractivity contribution in [1.29, 1.82) is 0 Å². The van der Waals surface area contributed by atoms with Crippen molar-refractivity contribution in [3.63, 3.8) is 0 Å². The Morgan fingerprint density at radius 3 is 2.45 bits per heavy atom. The molecule has 2 aliphatic rings. The van der Waals surface area contributed by atoms with Crippen LogP contribution in [0, 0.1) is 5.92 Å². The number of carbonyl (C=O) groups is 2. The van der Waals surface area contributed by atoms with E-state index in [-0.39, 0.29) is 52.0 Å². The van der Waals surface area contributed by atoms with Crippen molar-refractivity contribution in [3.05, 3.63) is 51.6 Å². The summed E-state index contributed by atoms with van der Waals surface area (Å²) < 4.78 is 5.24. The topological polar surface area (TPSA) is 116 Å². The van der Waals surface area contributed by atoms with E-state index in [4.69, 9.17) is 4.74 Å². The highest BCUT2D eigenvalue weighted by molar-refractivity contribution is 6.31. The molecule has 2 aliphatic carbocycles. The predicted octanol–water partition coefficient (Wildman–Crippen LogP) is 2.05. The van der Waals surface area contributed by atoms with Crippen molar-refractivity contribution in [3.8, 4) is 17.2 Å². The maximum Gasteiger partial charge on any atom is 0.202 e. The fraction of sp³-hybridized carbons (Fsp3) is 0.318. The molecule has 150 valence electrons. The zero-order valence-corrected chi connectivity index (χ0v) is 16.2. The maximum absolute atomic E-state index is 13.2. The molecule has 4 rings (SSSR count). The van der Waals surface area contributed by atoms with Crippen LogP contribution in [0.2, 0.25) is 0 Å². The molecule has 0 aromatic heterocycles. The lowest BCUT2D eigenvalue weighted by atomic mass is 9.74. The molecule has 29 heavy (non-hydrogen) atoms. The van der Waals surface area contributed by atoms with Gasteiger partial charge in [-0.15, -0.1) is 0 Å². The molecule has 2 aromatic carbocycles. The first-order chi connectivity index (χ1) is 13.9. The van der Waals surface area contributed by atoms with Crippen molar-refractivity contribution in [2.75, 3.05) is 20.8 Å². The van der Waals surface area contributed by atoms with Crippen molar-refractivity contribution >= 4 is 17.3 Å². The summed E-state index contributed by atoms with van der Waals surface area (Å²) in [6.45, 7) is -0.196. The highest BCUT2D eigenvalue weighted by Crippen LogP contribution is 2.47. The van der Waals surface area contributed by atoms with Crippen LogP contribution < -0.4 is 4.74 Å². The van der Waals surface area contributed by atoms with Gasteiger partial charge in [-0.1, -0.05) is 12.1 Å². The van der Waals surface area contributed by atoms with Crippen molar-refractivity contribution in [2.45, 2.75) is 19.3 Å². The first-order valence-corrected chi connectivity index (χ1v) is 9.36. The molecule has 0 aliphatic heterocycles. The highest BCUT2D eigenvalue weighted by Gasteiger charge is 2.40. The summed E-state index contributed by atoms with van der Waals surface area (Å²) in [7, 11) is 3.00. The Morgan fingerprint density at radius 1 is 1.10 bits per heavy atom. The van der Waals surface area contributed by atoms with E-state index in [1.165, 1.54) is 13.2 Å². The molecule has 0 saturated heterocycles. The van der Waals surface area contributed by atoms with Crippen LogP contribution in [0.1, 0.15) is 49.4 Å². The van der Waals surface area contributed by atoms with E-state index in [1.54, 1.807) is 19.2 Å². The minimum atomic E-state index is -0.545. The van der Waals surface area contributed by atoms with Crippen LogP contribution in [0.4, 0.5) is 0 Å². The van der Waals surface area contributed by atoms with Gasteiger partial charge in [-0.05, 0) is 25.3 Å². The van der Waals surface area contributed by atoms with Gasteiger partial charge in [0.2, 0.25) is 5.78 Å². The second kappa shape index (κ2) is 7.00. The number of benzene rings is 2. The molecule has 2 aromatic rings. The van der Waals surface area contributed by atoms with Gasteiger partial charge in [-0.3, -0.25) is 14.6 Å². The molecule has 7 heteroatoms. The van der Waals surface area contributed by atoms with Gasteiger partial charge in [-0.2, -0.15) is 0 Å². The molecule has 0 heterocycles. The summed E-state index contributed by atoms with van der Waals surface area (Å²) in [6.07, 6.45) is 1.32. The number of aliphatic hydroxyl groups excluding tert-OH is 1. The number of hydrogen-bond donors (Lipinski definition) is 3. The SMILES string of the molecule is CN=C(CO)[C@H]1CCc2c(O)c3c(c(O)c2C1)C(=O)c1cccc(OC)c1C3=O. The summed E-state index contributed by atoms with van der Waals surface area (Å²) >= 11 is 0. The van der Waals surface area contributed by atoms with Gasteiger partial charge in [0, 0.05) is 35.4 Å². The summed E-state index contributed by atoms with van der Waals surface area (Å²) in [5, 5.41) is 31.4. The predicted molar refractivity (Wildman–Crippen MR) is 106 cm³/mol. The molecule has 3 N–H and O–H groups in total. The molecular formula is C22H21NO6. The van der Waals surface area contributed by atoms with E-state index >= 15 is 0 Å². The van der Waals surface area contributed by atoms with Crippen molar-refractivity contribution in [2.24, 2.45) is 10.9 Å². The van der Waals surface area contributed by atoms with E-state index in [0.29, 0.717) is 36.1 Å². The molecule has 0 fully saturated rings. The van der Waals surface area contributed by atoms with Crippen LogP contribution in [0.3, 0.4) is 0 Å². The van der Waals surface area contributed by atoms with Gasteiger partial charge in [0.15, 0.2) is 5.78 Å². The summed E-state index contributed by atoms with van der Waals surface area (Å²) in [6, 6.07) is 4.69. The summed E-state index contributed by atoms with van der Waals surface area (Å²) in [5.74, 6) is -1.48. The Morgan fingerprint density at radius 2 is 1.79 bits per heavy atom. The maximum atomic E-state index is 13.2. The standard InChI is InChI=1S/C22H21NO6/c1-23-14(9-24)10-6-7-11-13(8-10)21(27)17-18(19(11)25)22(28)16-12(20(17)26)4-3-5-15(16)29-2/h3-5,10,24-25,27H,6-9H2,1-2H3/t10-/m0/s1. The number of aliphatic hydroxyl groups is 1. The number of aromatic hydroxyl groups is 2. The average Bonchev–Trinajstić information content (AvgIpc) is 2.74. The van der Waals surface area contributed by atoms with E-state index in [0.717, 1.165) is 0 Å². The van der Waals surface area contributed by atoms with Crippen LogP contribution in [0.15, 0.2) is 23.2 Å². The third-order valence-corrected chi connectivity index (χ3v) is 5.95. The number of aliphatic imine (C=N–C) groups is 1. The molecule has 0 unspecified atom stereocenters. The van der Waals surface area contributed by atoms with Crippen LogP contribution in [-0.2, 0) is 12.8 Å². The zero-order valence-electron chi connectivity index (χ0n) is 16.2. The van der Waals surface area contributed by atoms with Gasteiger partial charge in [0.1, 0.15) is 17.2 Å². The number of rotatable bonds is 3. The van der Waals surface area contributed by atoms with Crippen LogP contribution in [-0.4, -0.2) is 53.4 Å². The van der Waals surface area contributed by atoms with Gasteiger partial charge >= 0.3 is 0 Å². The van der Waals surface area contributed by atoms with Crippen LogP contribution >= 0.6 is 0 Å². The minimum Gasteiger partial charge on any atom is -0.507 e. The monoisotopic (exact) mass is 395 g/mol. The van der Waals surface area contributed by atoms with Gasteiger partial charge < -0.3 is 20.1 Å². The molecule has 7 nitrogen and oxygen atoms in total. The summed E-state index contributed by atoms with van der Waals surface area (Å²) in [4.78, 5) is 30.5. The molecule has 0 saturated carbocycles. The lowest BCUT2D eigenvalue weighted by molar-refractivity contribution is 0.0971. The molecule has 0 bridgehead atoms. The Kier molecular flexibility index (Phi) is 4.62. The molecular weight excluding hydrogens is 374 g/mol. The zero-order chi connectivity index (χ0) is 20.9. The number of carbonyl (C=O) groups excluding carboxylic acids is 2. The number of phenols is 2. The van der Waals surface area contributed by atoms with E-state index in [1.807, 2.05) is 0 Å². The number of phenolic OH excluding ortho intramolecular Hbond substituents is 2. The highest BCUT2D eigenvalue weighted by atomic mass is 16.5. The Labute approximate surface area is 167 Å². The Bertz CT molecular complexity index is 1090. The third kappa shape index (κ3) is 2.65. The third-order valence-electron chi connectivity index (χ3n) is 5.95. The molecule has 0 spiro atoms. The number of fused-ring (bicyclic) bond motifs is 3. The second-order valence-corrected chi connectivity index (χ2v) is 7.26. The van der Waals surface area contributed by atoms with Gasteiger partial charge in [0.05, 0.1) is 30.4 Å². The fourth-order valence-corrected chi connectivity index (χ4v) is 4.47. The first kappa shape index (κ1) is 19.1. The summed E-state index contributed by atoms with van der Waals surface area (Å²) in [5.41, 5.74) is 1.38. The Balaban J connectivity index is 1.93. The van der Waals surface area contributed by atoms with Crippen molar-refractivity contribution in [1.82, 2.24) is 0 Å². The quantitative estimate of drug-likeness (QED) is 0.462. The number of nitrogens with zero attached hydrogens (tertiary/aromatic N) is 1. The second-order valence-electron chi connectivity index (χ2n) is 7.26. The van der Waals surface area contributed by atoms with E-state index < -0.39 is 11.6 Å². The van der Waals surface area contributed by atoms with Crippen molar-refractivity contribution < 1.29 is 29.6 Å². The molecule has 0 radical (unpaired) electrons. The smallest absolute Gasteiger partial charge is 0.202 e. The number of ketones is 2. The van der Waals surface area contributed by atoms with Gasteiger partial charge in [-0.25, -0.2) is 0 Å². The molecule has 1 atom stereocenters. The lowest BCUT2D eigenvalue weighted by Gasteiger charge is -2.30. The first-order valence-electron chi connectivity index (χ1n) is 9.36. The molecule has 0 amide bonds. The van der Waals surface area contributed by atoms with E-state index in [9.17, 15) is 24.9 Å². The fourth-order valence-electron chi connectivity index (χ4n) is 4.47.